The van der Waals surface area contributed by atoms with Crippen molar-refractivity contribution in [1.82, 2.24) is 9.78 Å². The van der Waals surface area contributed by atoms with Crippen molar-refractivity contribution < 1.29 is 4.74 Å². The molecule has 0 fully saturated rings. The maximum atomic E-state index is 5.35. The topological polar surface area (TPSA) is 27.1 Å². The van der Waals surface area contributed by atoms with Gasteiger partial charge in [-0.05, 0) is 31.5 Å². The fourth-order valence-electron chi connectivity index (χ4n) is 1.46. The van der Waals surface area contributed by atoms with Crippen LogP contribution >= 0.6 is 0 Å². The van der Waals surface area contributed by atoms with Crippen LogP contribution in [0.3, 0.4) is 0 Å². The highest BCUT2D eigenvalue weighted by molar-refractivity contribution is 5.35. The number of aromatic nitrogens is 2. The Kier molecular flexibility index (Phi) is 2.72. The second-order valence-electron chi connectivity index (χ2n) is 3.39. The number of rotatable bonds is 3. The molecule has 15 heavy (non-hydrogen) atoms. The average Bonchev–Trinajstić information content (AvgIpc) is 2.67. The summed E-state index contributed by atoms with van der Waals surface area (Å²) in [5, 5.41) is 4.24. The lowest BCUT2D eigenvalue weighted by Crippen LogP contribution is -1.94. The second-order valence-corrected chi connectivity index (χ2v) is 3.39. The molecule has 0 bridgehead atoms. The molecule has 0 saturated heterocycles. The molecule has 0 aliphatic rings. The van der Waals surface area contributed by atoms with Crippen molar-refractivity contribution in [3.8, 4) is 11.4 Å². The van der Waals surface area contributed by atoms with Crippen molar-refractivity contribution in [2.75, 3.05) is 6.61 Å². The molecule has 0 unspecified atom stereocenters. The third kappa shape index (κ3) is 2.18. The molecule has 0 radical (unpaired) electrons. The molecule has 0 atom stereocenters. The molecular weight excluding hydrogens is 188 g/mol. The van der Waals surface area contributed by atoms with E-state index >= 15 is 0 Å². The summed E-state index contributed by atoms with van der Waals surface area (Å²) < 4.78 is 7.17. The van der Waals surface area contributed by atoms with Crippen molar-refractivity contribution in [3.05, 3.63) is 42.2 Å². The highest BCUT2D eigenvalue weighted by Gasteiger charge is 2.00. The maximum Gasteiger partial charge on any atom is 0.157 e. The van der Waals surface area contributed by atoms with Crippen LogP contribution in [-0.2, 0) is 0 Å². The molecular formula is C12H14N2O. The van der Waals surface area contributed by atoms with Gasteiger partial charge in [0.2, 0.25) is 0 Å². The Morgan fingerprint density at radius 3 is 3.00 bits per heavy atom. The third-order valence-corrected chi connectivity index (χ3v) is 2.14. The van der Waals surface area contributed by atoms with Gasteiger partial charge in [0.05, 0.1) is 24.7 Å². The van der Waals surface area contributed by atoms with E-state index in [2.05, 4.69) is 24.2 Å². The van der Waals surface area contributed by atoms with Crippen LogP contribution < -0.4 is 4.74 Å². The Labute approximate surface area is 89.3 Å². The van der Waals surface area contributed by atoms with Crippen molar-refractivity contribution in [2.45, 2.75) is 13.8 Å². The minimum atomic E-state index is 0.666. The van der Waals surface area contributed by atoms with E-state index in [4.69, 9.17) is 4.74 Å². The predicted octanol–water partition coefficient (Wildman–Crippen LogP) is 2.58. The highest BCUT2D eigenvalue weighted by Crippen LogP contribution is 2.14. The molecule has 2 rings (SSSR count). The van der Waals surface area contributed by atoms with Crippen LogP contribution in [0, 0.1) is 6.92 Å². The van der Waals surface area contributed by atoms with Gasteiger partial charge in [0.25, 0.3) is 0 Å². The van der Waals surface area contributed by atoms with Gasteiger partial charge in [-0.15, -0.1) is 0 Å². The molecule has 1 heterocycles. The van der Waals surface area contributed by atoms with E-state index in [9.17, 15) is 0 Å². The van der Waals surface area contributed by atoms with Crippen molar-refractivity contribution >= 4 is 0 Å². The summed E-state index contributed by atoms with van der Waals surface area (Å²) in [4.78, 5) is 0. The number of ether oxygens (including phenoxy) is 1. The fourth-order valence-corrected chi connectivity index (χ4v) is 1.46. The van der Waals surface area contributed by atoms with E-state index in [1.165, 1.54) is 5.56 Å². The molecule has 3 nitrogen and oxygen atoms in total. The van der Waals surface area contributed by atoms with E-state index in [-0.39, 0.29) is 0 Å². The standard InChI is InChI=1S/C12H14N2O/c1-3-15-12-8-13-14(9-12)11-6-4-5-10(2)7-11/h4-9H,3H2,1-2H3. The first-order valence-electron chi connectivity index (χ1n) is 5.04. The number of benzene rings is 1. The Balaban J connectivity index is 2.29. The van der Waals surface area contributed by atoms with Crippen molar-refractivity contribution in [3.63, 3.8) is 0 Å². The summed E-state index contributed by atoms with van der Waals surface area (Å²) in [5.74, 6) is 0.805. The third-order valence-electron chi connectivity index (χ3n) is 2.14. The van der Waals surface area contributed by atoms with E-state index in [0.29, 0.717) is 6.61 Å². The molecule has 0 N–H and O–H groups in total. The first-order chi connectivity index (χ1) is 7.29. The fraction of sp³-hybridized carbons (Fsp3) is 0.250. The van der Waals surface area contributed by atoms with Gasteiger partial charge in [0.1, 0.15) is 0 Å². The molecule has 3 heteroatoms. The largest absolute Gasteiger partial charge is 0.491 e. The van der Waals surface area contributed by atoms with Gasteiger partial charge < -0.3 is 4.74 Å². The van der Waals surface area contributed by atoms with Gasteiger partial charge in [-0.2, -0.15) is 5.10 Å². The zero-order chi connectivity index (χ0) is 10.7. The first-order valence-corrected chi connectivity index (χ1v) is 5.04. The lowest BCUT2D eigenvalue weighted by atomic mass is 10.2. The average molecular weight is 202 g/mol. The zero-order valence-corrected chi connectivity index (χ0v) is 8.97. The van der Waals surface area contributed by atoms with Crippen LogP contribution in [0.1, 0.15) is 12.5 Å². The van der Waals surface area contributed by atoms with Gasteiger partial charge in [-0.1, -0.05) is 12.1 Å². The number of aryl methyl sites for hydroxylation is 1. The van der Waals surface area contributed by atoms with Gasteiger partial charge in [0, 0.05) is 0 Å². The monoisotopic (exact) mass is 202 g/mol. The molecule has 78 valence electrons. The Morgan fingerprint density at radius 1 is 1.40 bits per heavy atom. The number of hydrogen-bond acceptors (Lipinski definition) is 2. The van der Waals surface area contributed by atoms with Crippen LogP contribution in [0.2, 0.25) is 0 Å². The molecule has 1 aromatic carbocycles. The lowest BCUT2D eigenvalue weighted by molar-refractivity contribution is 0.340. The Morgan fingerprint density at radius 2 is 2.27 bits per heavy atom. The smallest absolute Gasteiger partial charge is 0.157 e. The molecule has 0 amide bonds. The second kappa shape index (κ2) is 4.17. The van der Waals surface area contributed by atoms with E-state index in [0.717, 1.165) is 11.4 Å². The summed E-state index contributed by atoms with van der Waals surface area (Å²) in [6.07, 6.45) is 3.62. The normalized spacial score (nSPS) is 10.3. The van der Waals surface area contributed by atoms with E-state index in [1.54, 1.807) is 6.20 Å². The van der Waals surface area contributed by atoms with Gasteiger partial charge >= 0.3 is 0 Å². The van der Waals surface area contributed by atoms with Crippen molar-refractivity contribution in [2.24, 2.45) is 0 Å². The van der Waals surface area contributed by atoms with Crippen molar-refractivity contribution in [1.29, 1.82) is 0 Å². The minimum absolute atomic E-state index is 0.666. The predicted molar refractivity (Wildman–Crippen MR) is 59.5 cm³/mol. The lowest BCUT2D eigenvalue weighted by Gasteiger charge is -2.01. The Bertz CT molecular complexity index is 448. The summed E-state index contributed by atoms with van der Waals surface area (Å²) in [6, 6.07) is 8.20. The molecule has 0 spiro atoms. The van der Waals surface area contributed by atoms with Crippen LogP contribution in [0.5, 0.6) is 5.75 Å². The number of nitrogens with zero attached hydrogens (tertiary/aromatic N) is 2. The molecule has 0 saturated carbocycles. The summed E-state index contributed by atoms with van der Waals surface area (Å²) in [7, 11) is 0. The van der Waals surface area contributed by atoms with Gasteiger partial charge in [0.15, 0.2) is 5.75 Å². The zero-order valence-electron chi connectivity index (χ0n) is 8.97. The maximum absolute atomic E-state index is 5.35. The molecule has 1 aromatic heterocycles. The Hall–Kier alpha value is -1.77. The van der Waals surface area contributed by atoms with Gasteiger partial charge in [-0.25, -0.2) is 4.68 Å². The highest BCUT2D eigenvalue weighted by atomic mass is 16.5. The van der Waals surface area contributed by atoms with Crippen LogP contribution in [0.25, 0.3) is 5.69 Å². The SMILES string of the molecule is CCOc1cnn(-c2cccc(C)c2)c1. The van der Waals surface area contributed by atoms with Gasteiger partial charge in [-0.3, -0.25) is 0 Å². The summed E-state index contributed by atoms with van der Waals surface area (Å²) in [5.41, 5.74) is 2.28. The van der Waals surface area contributed by atoms with Crippen LogP contribution in [-0.4, -0.2) is 16.4 Å². The molecule has 0 aliphatic heterocycles. The number of hydrogen-bond donors (Lipinski definition) is 0. The quantitative estimate of drug-likeness (QED) is 0.764. The van der Waals surface area contributed by atoms with Crippen LogP contribution in [0.15, 0.2) is 36.7 Å². The summed E-state index contributed by atoms with van der Waals surface area (Å²) in [6.45, 7) is 4.69. The first kappa shape index (κ1) is 9.77. The summed E-state index contributed by atoms with van der Waals surface area (Å²) >= 11 is 0. The van der Waals surface area contributed by atoms with E-state index < -0.39 is 0 Å². The van der Waals surface area contributed by atoms with Crippen LogP contribution in [0.4, 0.5) is 0 Å². The molecule has 0 aliphatic carbocycles. The molecule has 2 aromatic rings. The van der Waals surface area contributed by atoms with E-state index in [1.807, 2.05) is 29.9 Å². The minimum Gasteiger partial charge on any atom is -0.491 e.